The van der Waals surface area contributed by atoms with Crippen molar-refractivity contribution in [2.75, 3.05) is 0 Å². The molecule has 0 amide bonds. The van der Waals surface area contributed by atoms with Crippen LogP contribution in [0.4, 0.5) is 0 Å². The van der Waals surface area contributed by atoms with Gasteiger partial charge in [0.15, 0.2) is 0 Å². The minimum Gasteiger partial charge on any atom is -0.394 e. The summed E-state index contributed by atoms with van der Waals surface area (Å²) in [6.07, 6.45) is 13.0. The molecule has 0 radical (unpaired) electrons. The molecule has 19 heavy (non-hydrogen) atoms. The Morgan fingerprint density at radius 2 is 0.789 bits per heavy atom. The van der Waals surface area contributed by atoms with Gasteiger partial charge in [-0.2, -0.15) is 54.6 Å². The molecular weight excluding hydrogens is 311 g/mol. The van der Waals surface area contributed by atoms with Crippen LogP contribution in [0, 0.1) is 18.6 Å². The summed E-state index contributed by atoms with van der Waals surface area (Å²) in [5.74, 6) is 0. The fraction of sp³-hybridized carbons (Fsp3) is 0. The monoisotopic (exact) mass is 323 g/mol. The van der Waals surface area contributed by atoms with Crippen LogP contribution in [0.2, 0.25) is 0 Å². The molecule has 0 spiro atoms. The summed E-state index contributed by atoms with van der Waals surface area (Å²) in [7, 11) is 0. The first-order chi connectivity index (χ1) is 9.00. The fourth-order valence-electron chi connectivity index (χ4n) is 0.832. The second kappa shape index (κ2) is 14.6. The van der Waals surface area contributed by atoms with Crippen LogP contribution in [0.5, 0.6) is 0 Å². The normalized spacial score (nSPS) is 7.58. The van der Waals surface area contributed by atoms with E-state index in [2.05, 4.69) is 33.5 Å². The summed E-state index contributed by atoms with van der Waals surface area (Å²) < 4.78 is 0. The van der Waals surface area contributed by atoms with Gasteiger partial charge in [0.2, 0.25) is 0 Å². The van der Waals surface area contributed by atoms with Crippen molar-refractivity contribution < 1.29 is 32.7 Å². The standard InChI is InChI=1S/3C5H4N.Y/c3*1-2-4-6-5-3-1;/h3*1-4H;/q3*-1;+3. The fourth-order valence-corrected chi connectivity index (χ4v) is 0.832. The van der Waals surface area contributed by atoms with Crippen molar-refractivity contribution >= 4 is 0 Å². The molecule has 0 bridgehead atoms. The Bertz CT molecular complexity index is 308. The summed E-state index contributed by atoms with van der Waals surface area (Å²) in [5, 5.41) is 0. The van der Waals surface area contributed by atoms with Gasteiger partial charge in [-0.15, -0.1) is 0 Å². The van der Waals surface area contributed by atoms with Gasteiger partial charge < -0.3 is 15.0 Å². The Balaban J connectivity index is 0.000000249. The van der Waals surface area contributed by atoms with Crippen molar-refractivity contribution in [2.45, 2.75) is 0 Å². The Labute approximate surface area is 139 Å². The Kier molecular flexibility index (Phi) is 13.5. The molecule has 0 aliphatic rings. The third kappa shape index (κ3) is 12.8. The number of aromatic nitrogens is 3. The third-order valence-corrected chi connectivity index (χ3v) is 1.55. The van der Waals surface area contributed by atoms with Crippen LogP contribution in [-0.4, -0.2) is 15.0 Å². The molecule has 3 aromatic heterocycles. The van der Waals surface area contributed by atoms with Crippen molar-refractivity contribution in [3.8, 4) is 0 Å². The van der Waals surface area contributed by atoms with Gasteiger partial charge >= 0.3 is 32.7 Å². The van der Waals surface area contributed by atoms with E-state index >= 15 is 0 Å². The molecule has 0 saturated carbocycles. The Hall–Kier alpha value is -1.45. The van der Waals surface area contributed by atoms with Crippen LogP contribution in [-0.2, 0) is 32.7 Å². The molecule has 3 heterocycles. The first-order valence-corrected chi connectivity index (χ1v) is 5.31. The molecule has 3 rings (SSSR count). The zero-order valence-corrected chi connectivity index (χ0v) is 13.2. The Morgan fingerprint density at radius 1 is 0.474 bits per heavy atom. The minimum absolute atomic E-state index is 0. The van der Waals surface area contributed by atoms with Crippen molar-refractivity contribution in [1.82, 2.24) is 15.0 Å². The van der Waals surface area contributed by atoms with Crippen molar-refractivity contribution in [2.24, 2.45) is 0 Å². The molecule has 0 aromatic carbocycles. The van der Waals surface area contributed by atoms with Crippen LogP contribution in [0.15, 0.2) is 73.2 Å². The maximum atomic E-state index is 3.66. The van der Waals surface area contributed by atoms with Crippen molar-refractivity contribution in [3.63, 3.8) is 0 Å². The third-order valence-electron chi connectivity index (χ3n) is 1.55. The first kappa shape index (κ1) is 17.6. The molecule has 0 fully saturated rings. The van der Waals surface area contributed by atoms with Crippen LogP contribution < -0.4 is 0 Å². The summed E-state index contributed by atoms with van der Waals surface area (Å²) in [5.41, 5.74) is 0. The van der Waals surface area contributed by atoms with E-state index in [0.29, 0.717) is 0 Å². The smallest absolute Gasteiger partial charge is 0.394 e. The predicted molar refractivity (Wildman–Crippen MR) is 69.2 cm³/mol. The van der Waals surface area contributed by atoms with Gasteiger partial charge in [0, 0.05) is 0 Å². The second-order valence-electron chi connectivity index (χ2n) is 2.88. The second-order valence-corrected chi connectivity index (χ2v) is 2.88. The molecular formula is C15H12N3Y. The van der Waals surface area contributed by atoms with E-state index in [4.69, 9.17) is 0 Å². The predicted octanol–water partition coefficient (Wildman–Crippen LogP) is 2.64. The molecule has 0 aliphatic carbocycles. The zero-order chi connectivity index (χ0) is 12.7. The zero-order valence-electron chi connectivity index (χ0n) is 10.3. The number of rotatable bonds is 0. The first-order valence-electron chi connectivity index (χ1n) is 5.31. The van der Waals surface area contributed by atoms with Gasteiger partial charge in [-0.3, -0.25) is 0 Å². The quantitative estimate of drug-likeness (QED) is 0.597. The molecule has 3 aromatic rings. The van der Waals surface area contributed by atoms with Gasteiger partial charge in [-0.1, -0.05) is 37.2 Å². The van der Waals surface area contributed by atoms with E-state index in [0.717, 1.165) is 0 Å². The summed E-state index contributed by atoms with van der Waals surface area (Å²) in [4.78, 5) is 11.0. The molecule has 0 aliphatic heterocycles. The van der Waals surface area contributed by atoms with Crippen molar-refractivity contribution in [1.29, 1.82) is 0 Å². The molecule has 3 nitrogen and oxygen atoms in total. The number of hydrogen-bond acceptors (Lipinski definition) is 3. The average molecular weight is 323 g/mol. The van der Waals surface area contributed by atoms with E-state index in [1.54, 1.807) is 36.8 Å². The summed E-state index contributed by atoms with van der Waals surface area (Å²) in [6, 6.07) is 16.5. The average Bonchev–Trinajstić information content (AvgIpc) is 2.54. The van der Waals surface area contributed by atoms with Crippen LogP contribution in [0.25, 0.3) is 0 Å². The molecule has 0 unspecified atom stereocenters. The Morgan fingerprint density at radius 3 is 0.842 bits per heavy atom. The van der Waals surface area contributed by atoms with E-state index in [9.17, 15) is 0 Å². The summed E-state index contributed by atoms with van der Waals surface area (Å²) >= 11 is 0. The number of nitrogens with zero attached hydrogens (tertiary/aromatic N) is 3. The van der Waals surface area contributed by atoms with E-state index in [1.165, 1.54) is 0 Å². The number of hydrogen-bond donors (Lipinski definition) is 0. The van der Waals surface area contributed by atoms with Crippen molar-refractivity contribution in [3.05, 3.63) is 91.8 Å². The molecule has 0 atom stereocenters. The largest absolute Gasteiger partial charge is 3.00 e. The van der Waals surface area contributed by atoms with E-state index in [-0.39, 0.29) is 32.7 Å². The van der Waals surface area contributed by atoms with E-state index in [1.807, 2.05) is 36.4 Å². The van der Waals surface area contributed by atoms with Crippen LogP contribution >= 0.6 is 0 Å². The van der Waals surface area contributed by atoms with Gasteiger partial charge in [0.25, 0.3) is 0 Å². The maximum Gasteiger partial charge on any atom is 3.00 e. The maximum absolute atomic E-state index is 3.66. The molecule has 0 N–H and O–H groups in total. The molecule has 90 valence electrons. The van der Waals surface area contributed by atoms with Gasteiger partial charge in [-0.25, -0.2) is 0 Å². The summed E-state index contributed by atoms with van der Waals surface area (Å²) in [6.45, 7) is 0. The van der Waals surface area contributed by atoms with E-state index < -0.39 is 0 Å². The topological polar surface area (TPSA) is 38.7 Å². The van der Waals surface area contributed by atoms with Crippen LogP contribution in [0.3, 0.4) is 0 Å². The van der Waals surface area contributed by atoms with Gasteiger partial charge in [0.1, 0.15) is 0 Å². The van der Waals surface area contributed by atoms with Crippen LogP contribution in [0.1, 0.15) is 0 Å². The van der Waals surface area contributed by atoms with Gasteiger partial charge in [-0.05, 0) is 0 Å². The van der Waals surface area contributed by atoms with Gasteiger partial charge in [0.05, 0.1) is 0 Å². The minimum atomic E-state index is 0. The molecule has 4 heteroatoms. The number of pyridine rings is 3. The molecule has 0 saturated heterocycles. The SMILES string of the molecule is [Y+3].[c-]1ccccn1.[c-]1ccccn1.[c-]1ccccn1.